The number of carbonyl (C=O) groups excluding carboxylic acids is 3. The van der Waals surface area contributed by atoms with Gasteiger partial charge in [0.05, 0.1) is 7.11 Å². The van der Waals surface area contributed by atoms with Gasteiger partial charge >= 0.3 is 6.16 Å². The summed E-state index contributed by atoms with van der Waals surface area (Å²) in [4.78, 5) is 38.9. The maximum atomic E-state index is 13.1. The van der Waals surface area contributed by atoms with Gasteiger partial charge in [-0.1, -0.05) is 60.7 Å². The molecule has 3 aromatic carbocycles. The Balaban J connectivity index is 1.37. The van der Waals surface area contributed by atoms with Crippen molar-refractivity contribution in [3.8, 4) is 11.5 Å². The highest BCUT2D eigenvalue weighted by atomic mass is 16.7. The van der Waals surface area contributed by atoms with Crippen LogP contribution in [0.15, 0.2) is 78.9 Å². The van der Waals surface area contributed by atoms with Crippen molar-refractivity contribution in [1.82, 2.24) is 4.90 Å². The van der Waals surface area contributed by atoms with Crippen LogP contribution in [0.5, 0.6) is 11.5 Å². The van der Waals surface area contributed by atoms with Crippen LogP contribution in [0.2, 0.25) is 0 Å². The quantitative estimate of drug-likeness (QED) is 0.353. The van der Waals surface area contributed by atoms with Crippen LogP contribution in [-0.4, -0.2) is 42.6 Å². The summed E-state index contributed by atoms with van der Waals surface area (Å²) in [5.41, 5.74) is 2.01. The lowest BCUT2D eigenvalue weighted by Crippen LogP contribution is -2.36. The topological polar surface area (TPSA) is 91.4 Å². The number of rotatable bonds is 8. The monoisotopic (exact) mass is 475 g/mol. The molecule has 4 rings (SSSR count). The molecule has 3 aromatic rings. The smallest absolute Gasteiger partial charge is 0.493 e. The van der Waals surface area contributed by atoms with Crippen molar-refractivity contribution in [2.45, 2.75) is 25.7 Å². The lowest BCUT2D eigenvalue weighted by Gasteiger charge is -2.17. The van der Waals surface area contributed by atoms with Gasteiger partial charge in [0.15, 0.2) is 17.6 Å². The number of hydrogen-bond donors (Lipinski definition) is 0. The van der Waals surface area contributed by atoms with Gasteiger partial charge < -0.3 is 18.9 Å². The Kier molecular flexibility index (Phi) is 7.62. The molecule has 8 nitrogen and oxygen atoms in total. The molecule has 1 atom stereocenters. The summed E-state index contributed by atoms with van der Waals surface area (Å²) < 4.78 is 21.4. The zero-order chi connectivity index (χ0) is 24.6. The van der Waals surface area contributed by atoms with Gasteiger partial charge in [0.25, 0.3) is 11.8 Å². The lowest BCUT2D eigenvalue weighted by molar-refractivity contribution is -0.133. The first-order chi connectivity index (χ1) is 17.0. The van der Waals surface area contributed by atoms with Gasteiger partial charge in [-0.05, 0) is 29.3 Å². The normalized spacial score (nSPS) is 14.9. The van der Waals surface area contributed by atoms with Crippen LogP contribution in [0.25, 0.3) is 0 Å². The van der Waals surface area contributed by atoms with Gasteiger partial charge in [0.2, 0.25) is 0 Å². The molecular weight excluding hydrogens is 450 g/mol. The average molecular weight is 475 g/mol. The van der Waals surface area contributed by atoms with Crippen molar-refractivity contribution >= 4 is 18.0 Å². The van der Waals surface area contributed by atoms with Crippen LogP contribution in [0, 0.1) is 0 Å². The summed E-state index contributed by atoms with van der Waals surface area (Å²) in [6.45, 7) is 0.444. The average Bonchev–Trinajstić information content (AvgIpc) is 3.26. The summed E-state index contributed by atoms with van der Waals surface area (Å²) in [5, 5.41) is 0. The van der Waals surface area contributed by atoms with Crippen molar-refractivity contribution in [2.75, 3.05) is 13.7 Å². The van der Waals surface area contributed by atoms with E-state index >= 15 is 0 Å². The van der Waals surface area contributed by atoms with Crippen LogP contribution in [0.3, 0.4) is 0 Å². The molecule has 0 spiro atoms. The molecule has 1 unspecified atom stereocenters. The largest absolute Gasteiger partial charge is 0.509 e. The molecule has 0 radical (unpaired) electrons. The molecule has 1 fully saturated rings. The van der Waals surface area contributed by atoms with Crippen LogP contribution >= 0.6 is 0 Å². The van der Waals surface area contributed by atoms with Crippen LogP contribution < -0.4 is 9.47 Å². The second-order valence-corrected chi connectivity index (χ2v) is 7.85. The highest BCUT2D eigenvalue weighted by Crippen LogP contribution is 2.30. The molecule has 35 heavy (non-hydrogen) atoms. The van der Waals surface area contributed by atoms with E-state index in [-0.39, 0.29) is 25.1 Å². The standard InChI is InChI=1S/C27H25NO7/c1-32-22-13-12-21(16-24(22)33-17-19-8-4-2-5-9-19)25(29)28-15-14-23(26(28)30)35-27(31)34-18-20-10-6-3-7-11-20/h2-13,16,23H,14-15,17-18H2,1H3. The van der Waals surface area contributed by atoms with Crippen LogP contribution in [0.4, 0.5) is 4.79 Å². The van der Waals surface area contributed by atoms with Gasteiger partial charge in [-0.3, -0.25) is 14.5 Å². The van der Waals surface area contributed by atoms with E-state index in [1.807, 2.05) is 48.5 Å². The number of methoxy groups -OCH3 is 1. The van der Waals surface area contributed by atoms with E-state index in [1.165, 1.54) is 7.11 Å². The van der Waals surface area contributed by atoms with E-state index in [2.05, 4.69) is 0 Å². The van der Waals surface area contributed by atoms with Gasteiger partial charge in [-0.2, -0.15) is 0 Å². The molecule has 1 aliphatic rings. The van der Waals surface area contributed by atoms with Crippen LogP contribution in [-0.2, 0) is 27.5 Å². The second-order valence-electron chi connectivity index (χ2n) is 7.85. The van der Waals surface area contributed by atoms with Gasteiger partial charge in [0, 0.05) is 18.5 Å². The fraction of sp³-hybridized carbons (Fsp3) is 0.222. The molecule has 0 N–H and O–H groups in total. The zero-order valence-corrected chi connectivity index (χ0v) is 19.2. The minimum atomic E-state index is -1.07. The summed E-state index contributed by atoms with van der Waals surface area (Å²) in [6, 6.07) is 23.4. The molecule has 0 aliphatic carbocycles. The molecular formula is C27H25NO7. The molecule has 0 aromatic heterocycles. The fourth-order valence-corrected chi connectivity index (χ4v) is 3.65. The first-order valence-corrected chi connectivity index (χ1v) is 11.1. The highest BCUT2D eigenvalue weighted by Gasteiger charge is 2.39. The van der Waals surface area contributed by atoms with E-state index in [4.69, 9.17) is 18.9 Å². The molecule has 1 aliphatic heterocycles. The number of ether oxygens (including phenoxy) is 4. The Hall–Kier alpha value is -4.33. The van der Waals surface area contributed by atoms with E-state index in [1.54, 1.807) is 30.3 Å². The molecule has 1 heterocycles. The Bertz CT molecular complexity index is 1180. The van der Waals surface area contributed by atoms with Gasteiger partial charge in [-0.15, -0.1) is 0 Å². The van der Waals surface area contributed by atoms with Crippen molar-refractivity contribution in [1.29, 1.82) is 0 Å². The molecule has 8 heteroatoms. The molecule has 180 valence electrons. The SMILES string of the molecule is COc1ccc(C(=O)N2CCC(OC(=O)OCc3ccccc3)C2=O)cc1OCc1ccccc1. The van der Waals surface area contributed by atoms with E-state index in [0.29, 0.717) is 18.1 Å². The van der Waals surface area contributed by atoms with Gasteiger partial charge in [0.1, 0.15) is 13.2 Å². The Morgan fingerprint density at radius 3 is 2.20 bits per heavy atom. The van der Waals surface area contributed by atoms with Crippen molar-refractivity contribution in [3.63, 3.8) is 0 Å². The first-order valence-electron chi connectivity index (χ1n) is 11.1. The van der Waals surface area contributed by atoms with E-state index in [0.717, 1.165) is 16.0 Å². The Morgan fingerprint density at radius 2 is 1.54 bits per heavy atom. The molecule has 1 saturated heterocycles. The Labute approximate surface area is 203 Å². The summed E-state index contributed by atoms with van der Waals surface area (Å²) >= 11 is 0. The van der Waals surface area contributed by atoms with Crippen molar-refractivity contribution in [2.24, 2.45) is 0 Å². The number of likely N-dealkylation sites (tertiary alicyclic amines) is 1. The number of amides is 2. The zero-order valence-electron chi connectivity index (χ0n) is 19.2. The lowest BCUT2D eigenvalue weighted by atomic mass is 10.1. The van der Waals surface area contributed by atoms with E-state index < -0.39 is 24.1 Å². The number of benzene rings is 3. The Morgan fingerprint density at radius 1 is 0.886 bits per heavy atom. The summed E-state index contributed by atoms with van der Waals surface area (Å²) in [5.74, 6) is -0.251. The second kappa shape index (κ2) is 11.2. The number of imide groups is 1. The highest BCUT2D eigenvalue weighted by molar-refractivity contribution is 6.07. The third-order valence-corrected chi connectivity index (χ3v) is 5.49. The van der Waals surface area contributed by atoms with E-state index in [9.17, 15) is 14.4 Å². The van der Waals surface area contributed by atoms with Gasteiger partial charge in [-0.25, -0.2) is 4.79 Å². The first kappa shape index (κ1) is 23.8. The number of carbonyl (C=O) groups is 3. The maximum absolute atomic E-state index is 13.1. The summed E-state index contributed by atoms with van der Waals surface area (Å²) in [7, 11) is 1.51. The minimum Gasteiger partial charge on any atom is -0.493 e. The van der Waals surface area contributed by atoms with Crippen LogP contribution in [0.1, 0.15) is 27.9 Å². The van der Waals surface area contributed by atoms with Crippen molar-refractivity contribution < 1.29 is 33.3 Å². The summed E-state index contributed by atoms with van der Waals surface area (Å²) in [6.07, 6.45) is -1.84. The van der Waals surface area contributed by atoms with Crippen molar-refractivity contribution in [3.05, 3.63) is 95.6 Å². The third-order valence-electron chi connectivity index (χ3n) is 5.49. The molecule has 2 amide bonds. The fourth-order valence-electron chi connectivity index (χ4n) is 3.65. The molecule has 0 bridgehead atoms. The number of nitrogens with zero attached hydrogens (tertiary/aromatic N) is 1. The third kappa shape index (κ3) is 5.97. The maximum Gasteiger partial charge on any atom is 0.509 e. The molecule has 0 saturated carbocycles. The minimum absolute atomic E-state index is 0.0286. The predicted octanol–water partition coefficient (Wildman–Crippen LogP) is 4.37. The predicted molar refractivity (Wildman–Crippen MR) is 126 cm³/mol. The number of hydrogen-bond acceptors (Lipinski definition) is 7.